The Morgan fingerprint density at radius 1 is 1.08 bits per heavy atom. The number of anilines is 2. The molecule has 0 bridgehead atoms. The predicted molar refractivity (Wildman–Crippen MR) is 139 cm³/mol. The fourth-order valence-corrected chi connectivity index (χ4v) is 7.71. The second-order valence-electron chi connectivity index (χ2n) is 8.46. The zero-order valence-electron chi connectivity index (χ0n) is 19.8. The molecular weight excluding hydrogens is 522 g/mol. The Morgan fingerprint density at radius 3 is 2.50 bits per heavy atom. The summed E-state index contributed by atoms with van der Waals surface area (Å²) < 4.78 is 60.8. The van der Waals surface area contributed by atoms with Gasteiger partial charge in [-0.25, -0.2) is 16.8 Å². The van der Waals surface area contributed by atoms with Crippen molar-refractivity contribution in [1.29, 1.82) is 0 Å². The molecule has 192 valence electrons. The second kappa shape index (κ2) is 10.6. The van der Waals surface area contributed by atoms with E-state index in [1.54, 1.807) is 29.6 Å². The van der Waals surface area contributed by atoms with Crippen molar-refractivity contribution in [2.24, 2.45) is 5.92 Å². The predicted octanol–water partition coefficient (Wildman–Crippen LogP) is 3.91. The van der Waals surface area contributed by atoms with Crippen LogP contribution in [-0.4, -0.2) is 47.2 Å². The zero-order chi connectivity index (χ0) is 25.9. The van der Waals surface area contributed by atoms with Gasteiger partial charge in [0.15, 0.2) is 0 Å². The molecule has 12 heteroatoms. The van der Waals surface area contributed by atoms with E-state index in [-0.39, 0.29) is 21.6 Å². The number of piperidine rings is 1. The molecular formula is C24H27N3O6S3. The van der Waals surface area contributed by atoms with Gasteiger partial charge in [-0.15, -0.1) is 11.3 Å². The van der Waals surface area contributed by atoms with Gasteiger partial charge in [0.2, 0.25) is 5.91 Å². The van der Waals surface area contributed by atoms with Crippen LogP contribution in [0.3, 0.4) is 0 Å². The number of ether oxygens (including phenoxy) is 1. The minimum atomic E-state index is -3.89. The van der Waals surface area contributed by atoms with Crippen LogP contribution in [0.25, 0.3) is 0 Å². The fraction of sp³-hybridized carbons (Fsp3) is 0.292. The van der Waals surface area contributed by atoms with E-state index in [0.717, 1.165) is 16.9 Å². The average molecular weight is 550 g/mol. The van der Waals surface area contributed by atoms with Crippen molar-refractivity contribution in [3.63, 3.8) is 0 Å². The van der Waals surface area contributed by atoms with Gasteiger partial charge in [-0.05, 0) is 73.2 Å². The molecule has 1 aliphatic rings. The molecule has 0 unspecified atom stereocenters. The van der Waals surface area contributed by atoms with E-state index < -0.39 is 26.0 Å². The van der Waals surface area contributed by atoms with Crippen molar-refractivity contribution in [1.82, 2.24) is 4.31 Å². The van der Waals surface area contributed by atoms with Gasteiger partial charge in [-0.2, -0.15) is 4.31 Å². The number of thiophene rings is 1. The van der Waals surface area contributed by atoms with Crippen molar-refractivity contribution < 1.29 is 26.4 Å². The van der Waals surface area contributed by atoms with Crippen LogP contribution in [0.15, 0.2) is 69.1 Å². The van der Waals surface area contributed by atoms with Gasteiger partial charge in [-0.1, -0.05) is 12.1 Å². The Balaban J connectivity index is 1.42. The summed E-state index contributed by atoms with van der Waals surface area (Å²) in [6, 6.07) is 14.2. The van der Waals surface area contributed by atoms with Crippen molar-refractivity contribution in [3.8, 4) is 5.75 Å². The maximum Gasteiger partial charge on any atom is 0.262 e. The maximum absolute atomic E-state index is 12.9. The lowest BCUT2D eigenvalue weighted by Gasteiger charge is -2.30. The molecule has 0 spiro atoms. The fourth-order valence-electron chi connectivity index (χ4n) is 3.98. The molecule has 2 heterocycles. The lowest BCUT2D eigenvalue weighted by atomic mass is 9.99. The first kappa shape index (κ1) is 26.1. The molecule has 9 nitrogen and oxygen atoms in total. The highest BCUT2D eigenvalue weighted by Gasteiger charge is 2.33. The Morgan fingerprint density at radius 2 is 1.83 bits per heavy atom. The number of hydrogen-bond donors (Lipinski definition) is 2. The van der Waals surface area contributed by atoms with Crippen LogP contribution in [0.4, 0.5) is 11.4 Å². The van der Waals surface area contributed by atoms with Gasteiger partial charge < -0.3 is 10.1 Å². The van der Waals surface area contributed by atoms with Crippen molar-refractivity contribution >= 4 is 48.7 Å². The van der Waals surface area contributed by atoms with Crippen molar-refractivity contribution in [3.05, 3.63) is 65.5 Å². The molecule has 1 saturated heterocycles. The van der Waals surface area contributed by atoms with E-state index in [0.29, 0.717) is 36.5 Å². The number of carbonyl (C=O) groups excluding carboxylic acids is 1. The molecule has 1 aliphatic heterocycles. The smallest absolute Gasteiger partial charge is 0.262 e. The second-order valence-corrected chi connectivity index (χ2v) is 13.3. The molecule has 4 rings (SSSR count). The summed E-state index contributed by atoms with van der Waals surface area (Å²) in [7, 11) is -6.05. The summed E-state index contributed by atoms with van der Waals surface area (Å²) in [6.07, 6.45) is 1.14. The summed E-state index contributed by atoms with van der Waals surface area (Å²) in [6.45, 7) is 2.31. The van der Waals surface area contributed by atoms with Crippen LogP contribution >= 0.6 is 11.3 Å². The monoisotopic (exact) mass is 549 g/mol. The van der Waals surface area contributed by atoms with E-state index in [4.69, 9.17) is 4.74 Å². The summed E-state index contributed by atoms with van der Waals surface area (Å²) in [4.78, 5) is 12.9. The van der Waals surface area contributed by atoms with E-state index in [1.165, 1.54) is 35.7 Å². The number of benzene rings is 2. The van der Waals surface area contributed by atoms with Gasteiger partial charge >= 0.3 is 0 Å². The Kier molecular flexibility index (Phi) is 7.69. The minimum Gasteiger partial charge on any atom is -0.495 e. The van der Waals surface area contributed by atoms with Gasteiger partial charge in [0, 0.05) is 18.8 Å². The number of nitrogens with zero attached hydrogens (tertiary/aromatic N) is 1. The highest BCUT2D eigenvalue weighted by Crippen LogP contribution is 2.29. The molecule has 2 N–H and O–H groups in total. The first-order chi connectivity index (χ1) is 17.1. The largest absolute Gasteiger partial charge is 0.495 e. The number of aryl methyl sites for hydroxylation is 1. The Labute approximate surface area is 215 Å². The van der Waals surface area contributed by atoms with E-state index in [9.17, 15) is 21.6 Å². The van der Waals surface area contributed by atoms with Crippen LogP contribution in [0.1, 0.15) is 18.4 Å². The normalized spacial score (nSPS) is 16.9. The van der Waals surface area contributed by atoms with Crippen LogP contribution in [0.2, 0.25) is 0 Å². The molecule has 0 radical (unpaired) electrons. The minimum absolute atomic E-state index is 0.0231. The Hall–Kier alpha value is -2.93. The van der Waals surface area contributed by atoms with Gasteiger partial charge in [-0.3, -0.25) is 9.52 Å². The molecule has 2 aromatic carbocycles. The lowest BCUT2D eigenvalue weighted by Crippen LogP contribution is -2.43. The topological polar surface area (TPSA) is 122 Å². The zero-order valence-corrected chi connectivity index (χ0v) is 22.3. The number of hydrogen-bond acceptors (Lipinski definition) is 7. The van der Waals surface area contributed by atoms with Gasteiger partial charge in [0.05, 0.1) is 23.6 Å². The van der Waals surface area contributed by atoms with Gasteiger partial charge in [0.1, 0.15) is 9.96 Å². The third-order valence-corrected chi connectivity index (χ3v) is 10.5. The number of carbonyl (C=O) groups is 1. The highest BCUT2D eigenvalue weighted by molar-refractivity contribution is 7.92. The molecule has 1 aromatic heterocycles. The molecule has 36 heavy (non-hydrogen) atoms. The first-order valence-corrected chi connectivity index (χ1v) is 15.0. The number of nitrogens with one attached hydrogen (secondary N) is 2. The SMILES string of the molecule is COc1ccc(C)cc1NS(=O)(=O)c1ccc(NC(=O)[C@H]2CCCN(S(=O)(=O)c3cccs3)C2)cc1. The van der Waals surface area contributed by atoms with Crippen LogP contribution in [0, 0.1) is 12.8 Å². The summed E-state index contributed by atoms with van der Waals surface area (Å²) in [5.41, 5.74) is 1.62. The maximum atomic E-state index is 12.9. The number of methoxy groups -OCH3 is 1. The molecule has 0 saturated carbocycles. The quantitative estimate of drug-likeness (QED) is 0.440. The molecule has 3 aromatic rings. The van der Waals surface area contributed by atoms with E-state index in [1.807, 2.05) is 13.0 Å². The van der Waals surface area contributed by atoms with Crippen LogP contribution < -0.4 is 14.8 Å². The summed E-state index contributed by atoms with van der Waals surface area (Å²) in [5.74, 6) is -0.415. The lowest BCUT2D eigenvalue weighted by molar-refractivity contribution is -0.120. The standard InChI is InChI=1S/C24H27N3O6S3/c1-17-7-12-22(33-2)21(15-17)26-35(29,30)20-10-8-19(9-11-20)25-24(28)18-5-3-13-27(16-18)36(31,32)23-6-4-14-34-23/h4,6-12,14-15,18,26H,3,5,13,16H2,1-2H3,(H,25,28)/t18-/m0/s1. The average Bonchev–Trinajstić information content (AvgIpc) is 3.40. The van der Waals surface area contributed by atoms with Crippen molar-refractivity contribution in [2.75, 3.05) is 30.2 Å². The molecule has 1 fully saturated rings. The highest BCUT2D eigenvalue weighted by atomic mass is 32.2. The first-order valence-electron chi connectivity index (χ1n) is 11.2. The van der Waals surface area contributed by atoms with Crippen molar-refractivity contribution in [2.45, 2.75) is 28.9 Å². The van der Waals surface area contributed by atoms with E-state index >= 15 is 0 Å². The van der Waals surface area contributed by atoms with Gasteiger partial charge in [0.25, 0.3) is 20.0 Å². The Bertz CT molecular complexity index is 1440. The molecule has 0 aliphatic carbocycles. The number of rotatable bonds is 8. The molecule has 1 atom stereocenters. The number of sulfonamides is 2. The van der Waals surface area contributed by atoms with Crippen LogP contribution in [0.5, 0.6) is 5.75 Å². The summed E-state index contributed by atoms with van der Waals surface area (Å²) >= 11 is 1.15. The summed E-state index contributed by atoms with van der Waals surface area (Å²) in [5, 5.41) is 4.49. The number of amides is 1. The van der Waals surface area contributed by atoms with Crippen LogP contribution in [-0.2, 0) is 24.8 Å². The third-order valence-electron chi connectivity index (χ3n) is 5.88. The third kappa shape index (κ3) is 5.72. The molecule has 1 amide bonds. The van der Waals surface area contributed by atoms with E-state index in [2.05, 4.69) is 10.0 Å².